The minimum absolute atomic E-state index is 0.0713. The second-order valence-corrected chi connectivity index (χ2v) is 8.30. The molecule has 4 rings (SSSR count). The molecule has 1 aliphatic carbocycles. The van der Waals surface area contributed by atoms with Crippen molar-refractivity contribution < 1.29 is 4.79 Å². The summed E-state index contributed by atoms with van der Waals surface area (Å²) in [5.74, 6) is 0.642. The van der Waals surface area contributed by atoms with E-state index in [1.54, 1.807) is 23.1 Å². The third kappa shape index (κ3) is 3.27. The molecular weight excluding hydrogens is 348 g/mol. The smallest absolute Gasteiger partial charge is 0.277 e. The Labute approximate surface area is 157 Å². The molecule has 1 unspecified atom stereocenters. The van der Waals surface area contributed by atoms with E-state index in [0.717, 1.165) is 30.0 Å². The van der Waals surface area contributed by atoms with Crippen molar-refractivity contribution in [2.45, 2.75) is 37.0 Å². The van der Waals surface area contributed by atoms with Gasteiger partial charge in [0.1, 0.15) is 10.7 Å². The van der Waals surface area contributed by atoms with Crippen LogP contribution >= 0.6 is 23.1 Å². The molecule has 1 atom stereocenters. The van der Waals surface area contributed by atoms with Crippen LogP contribution < -0.4 is 0 Å². The molecule has 1 aromatic carbocycles. The Balaban J connectivity index is 1.61. The molecule has 2 heterocycles. The van der Waals surface area contributed by atoms with Crippen LogP contribution in [0.5, 0.6) is 0 Å². The van der Waals surface area contributed by atoms with Gasteiger partial charge in [0.25, 0.3) is 5.91 Å². The number of rotatable bonds is 3. The number of allylic oxidation sites excluding steroid dienone is 2. The Morgan fingerprint density at radius 3 is 3.00 bits per heavy atom. The lowest BCUT2D eigenvalue weighted by Crippen LogP contribution is -2.39. The van der Waals surface area contributed by atoms with Crippen molar-refractivity contribution in [2.24, 2.45) is 5.92 Å². The van der Waals surface area contributed by atoms with E-state index in [9.17, 15) is 4.79 Å². The van der Waals surface area contributed by atoms with Gasteiger partial charge < -0.3 is 4.90 Å². The lowest BCUT2D eigenvalue weighted by molar-refractivity contribution is 0.0744. The molecule has 1 amide bonds. The molecule has 130 valence electrons. The van der Waals surface area contributed by atoms with Crippen LogP contribution in [0.1, 0.15) is 42.6 Å². The average molecular weight is 371 g/mol. The summed E-state index contributed by atoms with van der Waals surface area (Å²) in [5.41, 5.74) is 2.96. The fourth-order valence-electron chi connectivity index (χ4n) is 3.85. The summed E-state index contributed by atoms with van der Waals surface area (Å²) in [5, 5.41) is 2.85. The van der Waals surface area contributed by atoms with Gasteiger partial charge in [-0.05, 0) is 50.3 Å². The minimum Gasteiger partial charge on any atom is -0.311 e. The summed E-state index contributed by atoms with van der Waals surface area (Å²) in [7, 11) is 0. The first-order chi connectivity index (χ1) is 12.3. The zero-order valence-corrected chi connectivity index (χ0v) is 16.0. The number of thioether (sulfide) groups is 1. The SMILES string of the molecule is CSc1ccccc1-c1nc(C(=O)N2CCCC3CCCC=C32)cs1. The summed E-state index contributed by atoms with van der Waals surface area (Å²) < 4.78 is 0. The van der Waals surface area contributed by atoms with Crippen molar-refractivity contribution in [1.82, 2.24) is 9.88 Å². The van der Waals surface area contributed by atoms with E-state index in [1.165, 1.54) is 29.9 Å². The van der Waals surface area contributed by atoms with Crippen molar-refractivity contribution >= 4 is 29.0 Å². The molecule has 0 radical (unpaired) electrons. The largest absolute Gasteiger partial charge is 0.311 e. The van der Waals surface area contributed by atoms with Gasteiger partial charge in [-0.1, -0.05) is 24.3 Å². The number of nitrogens with zero attached hydrogens (tertiary/aromatic N) is 2. The summed E-state index contributed by atoms with van der Waals surface area (Å²) in [6.45, 7) is 0.829. The number of piperidine rings is 1. The average Bonchev–Trinajstić information content (AvgIpc) is 3.17. The fourth-order valence-corrected chi connectivity index (χ4v) is 5.35. The molecule has 5 heteroatoms. The predicted molar refractivity (Wildman–Crippen MR) is 105 cm³/mol. The number of likely N-dealkylation sites (tertiary alicyclic amines) is 1. The predicted octanol–water partition coefficient (Wildman–Crippen LogP) is 5.45. The third-order valence-corrected chi connectivity index (χ3v) is 6.75. The molecule has 1 aromatic heterocycles. The molecule has 3 nitrogen and oxygen atoms in total. The number of thiazole rings is 1. The molecule has 0 spiro atoms. The normalized spacial score (nSPS) is 20.1. The standard InChI is InChI=1S/C20H22N2OS2/c1-24-18-11-5-3-9-15(18)19-21-16(13-25-19)20(23)22-12-6-8-14-7-2-4-10-17(14)22/h3,5,9-11,13-14H,2,4,6-8,12H2,1H3. The van der Waals surface area contributed by atoms with Crippen LogP contribution in [0.4, 0.5) is 0 Å². The molecule has 0 bridgehead atoms. The van der Waals surface area contributed by atoms with Crippen molar-refractivity contribution in [3.63, 3.8) is 0 Å². The number of fused-ring (bicyclic) bond motifs is 1. The first kappa shape index (κ1) is 16.9. The lowest BCUT2D eigenvalue weighted by atomic mass is 9.85. The van der Waals surface area contributed by atoms with Crippen molar-refractivity contribution in [3.05, 3.63) is 47.1 Å². The van der Waals surface area contributed by atoms with Crippen LogP contribution in [-0.4, -0.2) is 28.6 Å². The highest BCUT2D eigenvalue weighted by atomic mass is 32.2. The number of carbonyl (C=O) groups is 1. The second kappa shape index (κ2) is 7.34. The van der Waals surface area contributed by atoms with Crippen LogP contribution in [0.3, 0.4) is 0 Å². The molecule has 1 aliphatic heterocycles. The van der Waals surface area contributed by atoms with E-state index in [2.05, 4.69) is 29.4 Å². The Morgan fingerprint density at radius 2 is 2.12 bits per heavy atom. The van der Waals surface area contributed by atoms with E-state index < -0.39 is 0 Å². The van der Waals surface area contributed by atoms with Gasteiger partial charge in [0.2, 0.25) is 0 Å². The van der Waals surface area contributed by atoms with Crippen LogP contribution in [0.25, 0.3) is 10.6 Å². The van der Waals surface area contributed by atoms with E-state index in [1.807, 2.05) is 22.4 Å². The van der Waals surface area contributed by atoms with E-state index in [4.69, 9.17) is 0 Å². The number of aromatic nitrogens is 1. The molecule has 1 saturated heterocycles. The van der Waals surface area contributed by atoms with Crippen molar-refractivity contribution in [1.29, 1.82) is 0 Å². The maximum atomic E-state index is 13.1. The number of hydrogen-bond acceptors (Lipinski definition) is 4. The number of amides is 1. The monoisotopic (exact) mass is 370 g/mol. The van der Waals surface area contributed by atoms with Gasteiger partial charge in [0.05, 0.1) is 0 Å². The van der Waals surface area contributed by atoms with Gasteiger partial charge in [-0.3, -0.25) is 4.79 Å². The van der Waals surface area contributed by atoms with Crippen LogP contribution in [0.15, 0.2) is 46.3 Å². The van der Waals surface area contributed by atoms with Gasteiger partial charge in [-0.15, -0.1) is 23.1 Å². The van der Waals surface area contributed by atoms with Crippen molar-refractivity contribution in [3.8, 4) is 10.6 Å². The Bertz CT molecular complexity index is 812. The van der Waals surface area contributed by atoms with E-state index in [-0.39, 0.29) is 5.91 Å². The first-order valence-corrected chi connectivity index (χ1v) is 11.0. The van der Waals surface area contributed by atoms with E-state index >= 15 is 0 Å². The topological polar surface area (TPSA) is 33.2 Å². The number of benzene rings is 1. The molecule has 1 fully saturated rings. The molecule has 0 N–H and O–H groups in total. The van der Waals surface area contributed by atoms with Gasteiger partial charge in [0.15, 0.2) is 0 Å². The lowest BCUT2D eigenvalue weighted by Gasteiger charge is -2.37. The molecule has 25 heavy (non-hydrogen) atoms. The summed E-state index contributed by atoms with van der Waals surface area (Å²) in [4.78, 5) is 21.0. The Kier molecular flexibility index (Phi) is 4.95. The molecular formula is C20H22N2OS2. The zero-order chi connectivity index (χ0) is 17.2. The zero-order valence-electron chi connectivity index (χ0n) is 14.4. The Hall–Kier alpha value is -1.59. The molecule has 2 aromatic rings. The summed E-state index contributed by atoms with van der Waals surface area (Å²) in [6, 6.07) is 8.25. The highest BCUT2D eigenvalue weighted by Gasteiger charge is 2.31. The Morgan fingerprint density at radius 1 is 1.28 bits per heavy atom. The molecule has 0 saturated carbocycles. The molecule has 2 aliphatic rings. The van der Waals surface area contributed by atoms with Crippen molar-refractivity contribution in [2.75, 3.05) is 12.8 Å². The third-order valence-electron chi connectivity index (χ3n) is 5.08. The van der Waals surface area contributed by atoms with Gasteiger partial charge in [-0.25, -0.2) is 4.98 Å². The van der Waals surface area contributed by atoms with Crippen LogP contribution in [0.2, 0.25) is 0 Å². The van der Waals surface area contributed by atoms with E-state index in [0.29, 0.717) is 11.6 Å². The first-order valence-electron chi connectivity index (χ1n) is 8.89. The minimum atomic E-state index is 0.0713. The maximum absolute atomic E-state index is 13.1. The summed E-state index contributed by atoms with van der Waals surface area (Å²) in [6.07, 6.45) is 10.2. The van der Waals surface area contributed by atoms with Crippen LogP contribution in [0, 0.1) is 5.92 Å². The highest BCUT2D eigenvalue weighted by Crippen LogP contribution is 2.37. The van der Waals surface area contributed by atoms with Gasteiger partial charge in [0, 0.05) is 28.1 Å². The van der Waals surface area contributed by atoms with Crippen LogP contribution in [-0.2, 0) is 0 Å². The van der Waals surface area contributed by atoms with Gasteiger partial charge in [-0.2, -0.15) is 0 Å². The highest BCUT2D eigenvalue weighted by molar-refractivity contribution is 7.98. The summed E-state index contributed by atoms with van der Waals surface area (Å²) >= 11 is 3.28. The fraction of sp³-hybridized carbons (Fsp3) is 0.400. The van der Waals surface area contributed by atoms with Gasteiger partial charge >= 0.3 is 0 Å². The maximum Gasteiger partial charge on any atom is 0.277 e. The second-order valence-electron chi connectivity index (χ2n) is 6.59. The number of hydrogen-bond donors (Lipinski definition) is 0. The number of carbonyl (C=O) groups excluding carboxylic acids is 1. The quantitative estimate of drug-likeness (QED) is 0.673.